The van der Waals surface area contributed by atoms with Crippen molar-refractivity contribution in [1.29, 1.82) is 0 Å². The van der Waals surface area contributed by atoms with Gasteiger partial charge in [0.25, 0.3) is 0 Å². The van der Waals surface area contributed by atoms with Crippen LogP contribution < -0.4 is 15.8 Å². The number of carbonyl (C=O) groups is 1. The Morgan fingerprint density at radius 3 is 2.38 bits per heavy atom. The number of ether oxygens (including phenoxy) is 1. The third-order valence-electron chi connectivity index (χ3n) is 1.76. The molecule has 0 fully saturated rings. The van der Waals surface area contributed by atoms with Crippen LogP contribution in [-0.2, 0) is 4.79 Å². The average Bonchev–Trinajstić information content (AvgIpc) is 2.20. The van der Waals surface area contributed by atoms with Crippen LogP contribution in [0.25, 0.3) is 0 Å². The van der Waals surface area contributed by atoms with Gasteiger partial charge in [-0.1, -0.05) is 0 Å². The summed E-state index contributed by atoms with van der Waals surface area (Å²) >= 11 is 0. The first-order chi connectivity index (χ1) is 7.49. The average molecular weight is 230 g/mol. The number of amides is 1. The first-order valence-corrected chi connectivity index (χ1v) is 4.60. The molecule has 0 aromatic heterocycles. The van der Waals surface area contributed by atoms with E-state index in [1.165, 1.54) is 24.3 Å². The highest BCUT2D eigenvalue weighted by molar-refractivity contribution is 5.94. The zero-order chi connectivity index (χ0) is 12.1. The zero-order valence-corrected chi connectivity index (χ0v) is 8.61. The third kappa shape index (κ3) is 3.82. The maximum absolute atomic E-state index is 11.8. The molecule has 0 unspecified atom stereocenters. The van der Waals surface area contributed by atoms with Crippen LogP contribution in [0.15, 0.2) is 24.3 Å². The number of alkyl halides is 2. The molecule has 0 radical (unpaired) electrons. The van der Waals surface area contributed by atoms with Gasteiger partial charge in [-0.3, -0.25) is 4.79 Å². The molecule has 0 aliphatic heterocycles. The van der Waals surface area contributed by atoms with Gasteiger partial charge in [0.05, 0.1) is 6.04 Å². The molecule has 0 aliphatic carbocycles. The van der Waals surface area contributed by atoms with E-state index < -0.39 is 12.7 Å². The minimum Gasteiger partial charge on any atom is -0.435 e. The van der Waals surface area contributed by atoms with Gasteiger partial charge in [0.2, 0.25) is 5.91 Å². The van der Waals surface area contributed by atoms with Gasteiger partial charge in [0, 0.05) is 5.69 Å². The second kappa shape index (κ2) is 5.41. The van der Waals surface area contributed by atoms with Crippen molar-refractivity contribution >= 4 is 11.6 Å². The molecule has 6 heteroatoms. The first kappa shape index (κ1) is 12.4. The first-order valence-electron chi connectivity index (χ1n) is 4.60. The van der Waals surface area contributed by atoms with Crippen molar-refractivity contribution in [2.45, 2.75) is 19.6 Å². The lowest BCUT2D eigenvalue weighted by Gasteiger charge is -2.08. The summed E-state index contributed by atoms with van der Waals surface area (Å²) < 4.78 is 27.8. The maximum Gasteiger partial charge on any atom is 0.387 e. The monoisotopic (exact) mass is 230 g/mol. The number of carbonyl (C=O) groups excluding carboxylic acids is 1. The number of rotatable bonds is 4. The highest BCUT2D eigenvalue weighted by Gasteiger charge is 2.08. The number of benzene rings is 1. The molecule has 4 nitrogen and oxygen atoms in total. The summed E-state index contributed by atoms with van der Waals surface area (Å²) in [6.45, 7) is -1.31. The van der Waals surface area contributed by atoms with Gasteiger partial charge in [-0.2, -0.15) is 8.78 Å². The van der Waals surface area contributed by atoms with E-state index in [4.69, 9.17) is 5.73 Å². The fourth-order valence-corrected chi connectivity index (χ4v) is 0.976. The minimum absolute atomic E-state index is 0.0359. The van der Waals surface area contributed by atoms with Gasteiger partial charge < -0.3 is 15.8 Å². The molecular formula is C10H12F2N2O2. The van der Waals surface area contributed by atoms with E-state index in [1.54, 1.807) is 6.92 Å². The fourth-order valence-electron chi connectivity index (χ4n) is 0.976. The fraction of sp³-hybridized carbons (Fsp3) is 0.300. The second-order valence-corrected chi connectivity index (χ2v) is 3.18. The summed E-state index contributed by atoms with van der Waals surface area (Å²) in [7, 11) is 0. The molecule has 0 aliphatic rings. The number of anilines is 1. The SMILES string of the molecule is C[C@@H](N)C(=O)Nc1ccc(OC(F)F)cc1. The molecule has 0 bridgehead atoms. The highest BCUT2D eigenvalue weighted by Crippen LogP contribution is 2.17. The molecule has 1 amide bonds. The lowest BCUT2D eigenvalue weighted by Crippen LogP contribution is -2.32. The molecule has 0 saturated heterocycles. The van der Waals surface area contributed by atoms with E-state index in [-0.39, 0.29) is 11.7 Å². The van der Waals surface area contributed by atoms with Crippen molar-refractivity contribution in [3.05, 3.63) is 24.3 Å². The van der Waals surface area contributed by atoms with Crippen molar-refractivity contribution in [2.75, 3.05) is 5.32 Å². The van der Waals surface area contributed by atoms with Gasteiger partial charge in [0.1, 0.15) is 5.75 Å². The van der Waals surface area contributed by atoms with Crippen LogP contribution in [0.1, 0.15) is 6.92 Å². The van der Waals surface area contributed by atoms with Crippen LogP contribution in [0, 0.1) is 0 Å². The van der Waals surface area contributed by atoms with Gasteiger partial charge in [-0.25, -0.2) is 0 Å². The minimum atomic E-state index is -2.86. The van der Waals surface area contributed by atoms with E-state index >= 15 is 0 Å². The quantitative estimate of drug-likeness (QED) is 0.825. The normalized spacial score (nSPS) is 12.3. The highest BCUT2D eigenvalue weighted by atomic mass is 19.3. The summed E-state index contributed by atoms with van der Waals surface area (Å²) in [5.41, 5.74) is 5.82. The number of halogens is 2. The summed E-state index contributed by atoms with van der Waals surface area (Å²) in [4.78, 5) is 11.2. The van der Waals surface area contributed by atoms with Crippen LogP contribution in [0.3, 0.4) is 0 Å². The summed E-state index contributed by atoms with van der Waals surface area (Å²) in [6, 6.07) is 4.96. The summed E-state index contributed by atoms with van der Waals surface area (Å²) in [5, 5.41) is 2.51. The Bertz CT molecular complexity index is 352. The number of nitrogens with two attached hydrogens (primary N) is 1. The van der Waals surface area contributed by atoms with E-state index in [1.807, 2.05) is 0 Å². The molecule has 1 rings (SSSR count). The van der Waals surface area contributed by atoms with Crippen LogP contribution in [0.2, 0.25) is 0 Å². The van der Waals surface area contributed by atoms with E-state index in [2.05, 4.69) is 10.1 Å². The Morgan fingerprint density at radius 1 is 1.38 bits per heavy atom. The lowest BCUT2D eigenvalue weighted by molar-refractivity contribution is -0.117. The zero-order valence-electron chi connectivity index (χ0n) is 8.61. The van der Waals surface area contributed by atoms with Gasteiger partial charge in [0.15, 0.2) is 0 Å². The Balaban J connectivity index is 2.61. The van der Waals surface area contributed by atoms with Crippen molar-refractivity contribution in [2.24, 2.45) is 5.73 Å². The number of hydrogen-bond acceptors (Lipinski definition) is 3. The molecule has 3 N–H and O–H groups in total. The predicted molar refractivity (Wildman–Crippen MR) is 55.4 cm³/mol. The van der Waals surface area contributed by atoms with Gasteiger partial charge in [-0.05, 0) is 31.2 Å². The number of nitrogens with one attached hydrogen (secondary N) is 1. The van der Waals surface area contributed by atoms with Crippen molar-refractivity contribution in [1.82, 2.24) is 0 Å². The van der Waals surface area contributed by atoms with E-state index in [9.17, 15) is 13.6 Å². The van der Waals surface area contributed by atoms with Gasteiger partial charge in [-0.15, -0.1) is 0 Å². The Morgan fingerprint density at radius 2 is 1.94 bits per heavy atom. The molecule has 0 saturated carbocycles. The molecule has 1 aromatic carbocycles. The largest absolute Gasteiger partial charge is 0.435 e. The third-order valence-corrected chi connectivity index (χ3v) is 1.76. The lowest BCUT2D eigenvalue weighted by atomic mass is 10.2. The Hall–Kier alpha value is -1.69. The van der Waals surface area contributed by atoms with Crippen molar-refractivity contribution in [3.63, 3.8) is 0 Å². The van der Waals surface area contributed by atoms with Crippen LogP contribution in [0.5, 0.6) is 5.75 Å². The number of hydrogen-bond donors (Lipinski definition) is 2. The van der Waals surface area contributed by atoms with Crippen LogP contribution in [-0.4, -0.2) is 18.6 Å². The Labute approximate surface area is 91.4 Å². The Kier molecular flexibility index (Phi) is 4.19. The van der Waals surface area contributed by atoms with Crippen LogP contribution in [0.4, 0.5) is 14.5 Å². The van der Waals surface area contributed by atoms with Crippen molar-refractivity contribution in [3.8, 4) is 5.75 Å². The topological polar surface area (TPSA) is 64.4 Å². The standard InChI is InChI=1S/C10H12F2N2O2/c1-6(13)9(15)14-7-2-4-8(5-3-7)16-10(11)12/h2-6,10H,13H2,1H3,(H,14,15)/t6-/m1/s1. The maximum atomic E-state index is 11.8. The predicted octanol–water partition coefficient (Wildman–Crippen LogP) is 1.57. The van der Waals surface area contributed by atoms with Crippen LogP contribution >= 0.6 is 0 Å². The molecule has 16 heavy (non-hydrogen) atoms. The summed E-state index contributed by atoms with van der Waals surface area (Å²) in [5.74, 6) is -0.309. The van der Waals surface area contributed by atoms with Crippen molar-refractivity contribution < 1.29 is 18.3 Å². The molecule has 0 heterocycles. The van der Waals surface area contributed by atoms with E-state index in [0.717, 1.165) is 0 Å². The van der Waals surface area contributed by atoms with E-state index in [0.29, 0.717) is 5.69 Å². The molecule has 0 spiro atoms. The van der Waals surface area contributed by atoms with Gasteiger partial charge >= 0.3 is 6.61 Å². The summed E-state index contributed by atoms with van der Waals surface area (Å²) in [6.07, 6.45) is 0. The molecular weight excluding hydrogens is 218 g/mol. The second-order valence-electron chi connectivity index (χ2n) is 3.18. The molecule has 1 atom stereocenters. The molecule has 1 aromatic rings. The molecule has 88 valence electrons. The smallest absolute Gasteiger partial charge is 0.387 e.